The lowest BCUT2D eigenvalue weighted by atomic mass is 11.9. The molecule has 0 bridgehead atoms. The van der Waals surface area contributed by atoms with Crippen molar-refractivity contribution in [3.05, 3.63) is 0 Å². The molecule has 0 heterocycles. The Bertz CT molecular complexity index is 122. The summed E-state index contributed by atoms with van der Waals surface area (Å²) in [5.41, 5.74) is 0. The highest BCUT2D eigenvalue weighted by Crippen LogP contribution is 1.85. The van der Waals surface area contributed by atoms with Crippen LogP contribution in [0.1, 0.15) is 0 Å². The van der Waals surface area contributed by atoms with Crippen LogP contribution in [0.5, 0.6) is 0 Å². The molecule has 0 aromatic carbocycles. The topological polar surface area (TPSA) is 36.9 Å². The maximum atomic E-state index is 5.39. The van der Waals surface area contributed by atoms with Crippen LogP contribution in [-0.4, -0.2) is 74.4 Å². The van der Waals surface area contributed by atoms with Crippen molar-refractivity contribution in [2.45, 2.75) is 36.2 Å². The van der Waals surface area contributed by atoms with E-state index in [9.17, 15) is 0 Å². The molecule has 0 amide bonds. The van der Waals surface area contributed by atoms with E-state index < -0.39 is 29.0 Å². The Hall–Kier alpha value is 2.09. The van der Waals surface area contributed by atoms with Crippen molar-refractivity contribution in [3.8, 4) is 0 Å². The van der Waals surface area contributed by atoms with Gasteiger partial charge in [-0.15, -0.1) is 0 Å². The minimum Gasteiger partial charge on any atom is -0.621 e. The third-order valence-electron chi connectivity index (χ3n) is 1.12. The second-order valence-electron chi connectivity index (χ2n) is 3.47. The van der Waals surface area contributed by atoms with Gasteiger partial charge in [-0.2, -0.15) is 0 Å². The van der Waals surface area contributed by atoms with Crippen LogP contribution >= 0.6 is 0 Å². The van der Waals surface area contributed by atoms with Gasteiger partial charge in [-0.1, -0.05) is 36.2 Å². The minimum atomic E-state index is -0.795. The smallest absolute Gasteiger partial charge is 0.603 e. The standard InChI is InChI=1S/C2H11O2Si3.4CH3.3Al.2O/c1-5-3-7-4-6-2;;;;;;;;;/h7H,5-6H2,1-2H3;4*1H3;;;;;. The van der Waals surface area contributed by atoms with Crippen molar-refractivity contribution in [2.24, 2.45) is 0 Å². The van der Waals surface area contributed by atoms with E-state index in [0.29, 0.717) is 0 Å². The van der Waals surface area contributed by atoms with Gasteiger partial charge in [-0.3, -0.25) is 0 Å². The van der Waals surface area contributed by atoms with Gasteiger partial charge in [0.25, 0.3) is 0 Å². The fourth-order valence-corrected chi connectivity index (χ4v) is 5.39. The van der Waals surface area contributed by atoms with E-state index in [2.05, 4.69) is 36.2 Å². The first-order valence-electron chi connectivity index (χ1n) is 5.72. The average Bonchev–Trinajstić information content (AvgIpc) is 2.18. The van der Waals surface area contributed by atoms with Crippen LogP contribution in [0.4, 0.5) is 0 Å². The van der Waals surface area contributed by atoms with Crippen molar-refractivity contribution < 1.29 is 13.9 Å². The molecule has 2 radical (unpaired) electrons. The normalized spacial score (nSPS) is 10.6. The van der Waals surface area contributed by atoms with Crippen LogP contribution in [0, 0.1) is 0 Å². The van der Waals surface area contributed by atoms with Gasteiger partial charge in [0.2, 0.25) is 0 Å². The summed E-state index contributed by atoms with van der Waals surface area (Å²) in [5.74, 6) is 8.66. The van der Waals surface area contributed by atoms with Crippen molar-refractivity contribution in [1.29, 1.82) is 0 Å². The fourth-order valence-electron chi connectivity index (χ4n) is 0.438. The van der Waals surface area contributed by atoms with Gasteiger partial charge in [0.05, 0.1) is 0 Å². The van der Waals surface area contributed by atoms with E-state index in [1.807, 2.05) is 0 Å². The first-order valence-corrected chi connectivity index (χ1v) is 17.1. The Morgan fingerprint density at radius 3 is 1.50 bits per heavy atom. The van der Waals surface area contributed by atoms with Gasteiger partial charge < -0.3 is 13.9 Å². The highest BCUT2D eigenvalue weighted by atomic mass is 28.4. The molecule has 92 valence electrons. The van der Waals surface area contributed by atoms with Gasteiger partial charge >= 0.3 is 54.9 Å². The summed E-state index contributed by atoms with van der Waals surface area (Å²) in [6.07, 6.45) is 0. The zero-order valence-electron chi connectivity index (χ0n) is 11.4. The zero-order chi connectivity index (χ0) is 12.8. The Labute approximate surface area is 124 Å². The predicted molar refractivity (Wildman–Crippen MR) is 81.0 cm³/mol. The van der Waals surface area contributed by atoms with E-state index in [0.717, 1.165) is 0 Å². The second kappa shape index (κ2) is 17.1. The lowest BCUT2D eigenvalue weighted by Crippen LogP contribution is -2.19. The lowest BCUT2D eigenvalue weighted by Gasteiger charge is -2.05. The average molecular weight is 324 g/mol. The third-order valence-corrected chi connectivity index (χ3v) is 10.1. The molecule has 0 unspecified atom stereocenters. The minimum absolute atomic E-state index is 0.0548. The monoisotopic (exact) mass is 324 g/mol. The first-order chi connectivity index (χ1) is 7.54. The van der Waals surface area contributed by atoms with E-state index in [1.165, 1.54) is 0 Å². The van der Waals surface area contributed by atoms with E-state index in [1.54, 1.807) is 0 Å². The summed E-state index contributed by atoms with van der Waals surface area (Å²) < 4.78 is 21.0. The van der Waals surface area contributed by atoms with Gasteiger partial charge in [-0.05, 0) is 0 Å². The molecular formula is C6H23Al3O4Si3. The molecule has 0 atom stereocenters. The summed E-state index contributed by atoms with van der Waals surface area (Å²) in [7, 11) is -0.399. The molecule has 0 saturated carbocycles. The van der Waals surface area contributed by atoms with Crippen LogP contribution < -0.4 is 0 Å². The van der Waals surface area contributed by atoms with Gasteiger partial charge in [0.1, 0.15) is 19.5 Å². The van der Waals surface area contributed by atoms with Gasteiger partial charge in [0.15, 0.2) is 0 Å². The summed E-state index contributed by atoms with van der Waals surface area (Å²) in [6.45, 7) is 4.24. The number of hydrogen-bond acceptors (Lipinski definition) is 4. The van der Waals surface area contributed by atoms with Crippen LogP contribution in [0.2, 0.25) is 36.2 Å². The molecule has 0 aromatic rings. The number of hydrogen-bond donors (Lipinski definition) is 0. The molecule has 0 aromatic heterocycles. The maximum absolute atomic E-state index is 5.39. The Morgan fingerprint density at radius 2 is 1.25 bits per heavy atom. The molecule has 4 nitrogen and oxygen atoms in total. The van der Waals surface area contributed by atoms with Crippen LogP contribution in [0.15, 0.2) is 0 Å². The molecule has 10 heteroatoms. The highest BCUT2D eigenvalue weighted by molar-refractivity contribution is 6.59. The van der Waals surface area contributed by atoms with Gasteiger partial charge in [0, 0.05) is 0 Å². The largest absolute Gasteiger partial charge is 0.621 e. The SMILES string of the molecule is C[SiH2]O[SiH]O[SiH2]C.[CH3][Al]([CH3])[O][Al][O][Al]([CH3])[CH3]. The summed E-state index contributed by atoms with van der Waals surface area (Å²) in [5, 5.41) is 0. The Balaban J connectivity index is 0. The predicted octanol–water partition coefficient (Wildman–Crippen LogP) is -0.394. The van der Waals surface area contributed by atoms with E-state index in [-0.39, 0.29) is 45.4 Å². The molecule has 0 fully saturated rings. The summed E-state index contributed by atoms with van der Waals surface area (Å²) in [6, 6.07) is 0. The summed E-state index contributed by atoms with van der Waals surface area (Å²) >= 11 is -1.71. The molecule has 0 saturated heterocycles. The van der Waals surface area contributed by atoms with Crippen LogP contribution in [0.25, 0.3) is 0 Å². The molecule has 0 aliphatic carbocycles. The summed E-state index contributed by atoms with van der Waals surface area (Å²) in [4.78, 5) is 0. The molecule has 0 spiro atoms. The molecule has 0 aliphatic heterocycles. The van der Waals surface area contributed by atoms with Crippen LogP contribution in [-0.2, 0) is 13.9 Å². The molecule has 0 aliphatic rings. The van der Waals surface area contributed by atoms with Crippen LogP contribution in [0.3, 0.4) is 0 Å². The molecule has 0 N–H and O–H groups in total. The first kappa shape index (κ1) is 20.4. The van der Waals surface area contributed by atoms with Crippen molar-refractivity contribution in [3.63, 3.8) is 0 Å². The zero-order valence-corrected chi connectivity index (χ0v) is 18.8. The van der Waals surface area contributed by atoms with Crippen molar-refractivity contribution >= 4 is 74.4 Å². The maximum Gasteiger partial charge on any atom is 0.603 e. The van der Waals surface area contributed by atoms with Crippen molar-refractivity contribution in [1.82, 2.24) is 0 Å². The highest BCUT2D eigenvalue weighted by Gasteiger charge is 2.09. The van der Waals surface area contributed by atoms with E-state index >= 15 is 0 Å². The Morgan fingerprint density at radius 1 is 0.875 bits per heavy atom. The quantitative estimate of drug-likeness (QED) is 0.450. The lowest BCUT2D eigenvalue weighted by molar-refractivity contribution is 0.479. The Kier molecular flexibility index (Phi) is 21.8. The molecular weight excluding hydrogens is 301 g/mol. The van der Waals surface area contributed by atoms with Gasteiger partial charge in [-0.25, -0.2) is 0 Å². The molecule has 0 rings (SSSR count). The molecule has 16 heavy (non-hydrogen) atoms. The van der Waals surface area contributed by atoms with E-state index in [4.69, 9.17) is 13.9 Å². The van der Waals surface area contributed by atoms with Crippen molar-refractivity contribution in [2.75, 3.05) is 0 Å². The third kappa shape index (κ3) is 25.1. The number of rotatable bonds is 8. The second-order valence-corrected chi connectivity index (χ2v) is 14.1. The fraction of sp³-hybridized carbons (Fsp3) is 1.00.